The third-order valence-electron chi connectivity index (χ3n) is 6.91. The maximum Gasteiger partial charge on any atom is 0.393 e. The van der Waals surface area contributed by atoms with Crippen molar-refractivity contribution in [2.24, 2.45) is 5.73 Å². The average Bonchev–Trinajstić information content (AvgIpc) is 3.24. The molecule has 1 saturated carbocycles. The van der Waals surface area contributed by atoms with Gasteiger partial charge in [-0.25, -0.2) is 31.1 Å². The van der Waals surface area contributed by atoms with Gasteiger partial charge in [0.1, 0.15) is 5.82 Å². The molecule has 3 heterocycles. The zero-order valence-electron chi connectivity index (χ0n) is 21.3. The number of halogens is 5. The number of alkyl halides is 3. The van der Waals surface area contributed by atoms with Crippen molar-refractivity contribution in [3.63, 3.8) is 0 Å². The van der Waals surface area contributed by atoms with Gasteiger partial charge in [0.05, 0.1) is 23.2 Å². The number of hydrogen-bond acceptors (Lipinski definition) is 6. The Kier molecular flexibility index (Phi) is 7.29. The third kappa shape index (κ3) is 5.66. The second-order valence-corrected chi connectivity index (χ2v) is 11.9. The monoisotopic (exact) mass is 579 g/mol. The van der Waals surface area contributed by atoms with Gasteiger partial charge in [0.25, 0.3) is 10.0 Å². The van der Waals surface area contributed by atoms with Crippen molar-refractivity contribution in [3.05, 3.63) is 71.6 Å². The highest BCUT2D eigenvalue weighted by atomic mass is 32.2. The number of aryl methyl sites for hydroxylation is 1. The van der Waals surface area contributed by atoms with Crippen LogP contribution in [0.3, 0.4) is 0 Å². The number of nitrogens with one attached hydrogen (secondary N) is 1. The second-order valence-electron chi connectivity index (χ2n) is 10.1. The second kappa shape index (κ2) is 10.4. The van der Waals surface area contributed by atoms with E-state index in [0.717, 1.165) is 46.9 Å². The van der Waals surface area contributed by atoms with Gasteiger partial charge in [-0.05, 0) is 62.4 Å². The first-order valence-corrected chi connectivity index (χ1v) is 14.0. The summed E-state index contributed by atoms with van der Waals surface area (Å²) < 4.78 is 98.0. The maximum absolute atomic E-state index is 15.1. The van der Waals surface area contributed by atoms with E-state index in [9.17, 15) is 26.0 Å². The molecule has 2 atom stereocenters. The lowest BCUT2D eigenvalue weighted by atomic mass is 9.91. The predicted molar refractivity (Wildman–Crippen MR) is 140 cm³/mol. The Morgan fingerprint density at radius 1 is 1.12 bits per heavy atom. The molecule has 0 unspecified atom stereocenters. The molecule has 0 saturated heterocycles. The zero-order valence-corrected chi connectivity index (χ0v) is 22.2. The minimum Gasteiger partial charge on any atom is -0.365 e. The van der Waals surface area contributed by atoms with Gasteiger partial charge in [-0.1, -0.05) is 17.7 Å². The molecular weight excluding hydrogens is 553 g/mol. The van der Waals surface area contributed by atoms with E-state index < -0.39 is 39.8 Å². The molecule has 0 radical (unpaired) electrons. The molecule has 1 fully saturated rings. The molecule has 212 valence electrons. The molecule has 13 heteroatoms. The van der Waals surface area contributed by atoms with E-state index >= 15 is 4.39 Å². The quantitative estimate of drug-likeness (QED) is 0.284. The molecule has 40 heavy (non-hydrogen) atoms. The Morgan fingerprint density at radius 2 is 1.85 bits per heavy atom. The van der Waals surface area contributed by atoms with Crippen LogP contribution < -0.4 is 11.1 Å². The van der Waals surface area contributed by atoms with Crippen molar-refractivity contribution in [2.75, 3.05) is 5.32 Å². The van der Waals surface area contributed by atoms with Crippen molar-refractivity contribution in [1.82, 2.24) is 13.9 Å². The van der Waals surface area contributed by atoms with Gasteiger partial charge in [0, 0.05) is 29.2 Å². The molecule has 0 aliphatic heterocycles. The van der Waals surface area contributed by atoms with Crippen LogP contribution >= 0.6 is 0 Å². The normalized spacial score (nSPS) is 18.3. The van der Waals surface area contributed by atoms with Crippen LogP contribution in [-0.2, 0) is 16.4 Å². The molecule has 3 aromatic heterocycles. The van der Waals surface area contributed by atoms with Crippen molar-refractivity contribution >= 4 is 26.9 Å². The number of fused-ring (bicyclic) bond motifs is 1. The summed E-state index contributed by atoms with van der Waals surface area (Å²) in [6.07, 6.45) is -1.65. The molecule has 3 N–H and O–H groups in total. The molecule has 0 amide bonds. The number of rotatable bonds is 6. The summed E-state index contributed by atoms with van der Waals surface area (Å²) in [6.45, 7) is 1.78. The minimum atomic E-state index is -4.73. The Hall–Kier alpha value is -3.58. The SMILES string of the molecule is Cc1ccc(S(=O)(=O)n2cc(-c3nc(N[C@H]4CCC[C@@H](N)C4)c(F)cc3CC(F)(F)F)c3cc(F)cnc32)cc1. The first kappa shape index (κ1) is 28.0. The van der Waals surface area contributed by atoms with Crippen LogP contribution in [0.2, 0.25) is 0 Å². The van der Waals surface area contributed by atoms with Gasteiger partial charge in [-0.15, -0.1) is 0 Å². The van der Waals surface area contributed by atoms with Crippen molar-refractivity contribution in [1.29, 1.82) is 0 Å². The molecule has 0 spiro atoms. The van der Waals surface area contributed by atoms with Crippen LogP contribution in [0.15, 0.2) is 53.7 Å². The molecular formula is C27H26F5N5O2S. The van der Waals surface area contributed by atoms with E-state index in [0.29, 0.717) is 12.8 Å². The number of aromatic nitrogens is 3. The largest absolute Gasteiger partial charge is 0.393 e. The fourth-order valence-electron chi connectivity index (χ4n) is 5.01. The topological polar surface area (TPSA) is 103 Å². The fourth-order valence-corrected chi connectivity index (χ4v) is 6.34. The Balaban J connectivity index is 1.71. The number of nitrogens with two attached hydrogens (primary N) is 1. The molecule has 1 aliphatic carbocycles. The van der Waals surface area contributed by atoms with Gasteiger partial charge in [0.2, 0.25) is 0 Å². The van der Waals surface area contributed by atoms with Crippen LogP contribution in [-0.4, -0.2) is 40.6 Å². The number of pyridine rings is 2. The summed E-state index contributed by atoms with van der Waals surface area (Å²) in [7, 11) is -4.30. The summed E-state index contributed by atoms with van der Waals surface area (Å²) in [5.74, 6) is -2.14. The number of nitrogens with zero attached hydrogens (tertiary/aromatic N) is 3. The first-order chi connectivity index (χ1) is 18.8. The fraction of sp³-hybridized carbons (Fsp3) is 0.333. The van der Waals surface area contributed by atoms with E-state index in [1.807, 2.05) is 0 Å². The number of benzene rings is 1. The summed E-state index contributed by atoms with van der Waals surface area (Å²) in [5.41, 5.74) is 5.61. The van der Waals surface area contributed by atoms with E-state index in [4.69, 9.17) is 5.73 Å². The first-order valence-electron chi connectivity index (χ1n) is 12.6. The molecule has 1 aromatic carbocycles. The van der Waals surface area contributed by atoms with Crippen LogP contribution in [0.1, 0.15) is 36.8 Å². The maximum atomic E-state index is 15.1. The van der Waals surface area contributed by atoms with Crippen molar-refractivity contribution in [3.8, 4) is 11.3 Å². The van der Waals surface area contributed by atoms with Gasteiger partial charge in [-0.2, -0.15) is 13.2 Å². The highest BCUT2D eigenvalue weighted by Crippen LogP contribution is 2.37. The summed E-state index contributed by atoms with van der Waals surface area (Å²) in [6, 6.07) is 7.25. The van der Waals surface area contributed by atoms with Crippen molar-refractivity contribution in [2.45, 2.75) is 62.2 Å². The summed E-state index contributed by atoms with van der Waals surface area (Å²) >= 11 is 0. The predicted octanol–water partition coefficient (Wildman–Crippen LogP) is 5.71. The van der Waals surface area contributed by atoms with Gasteiger partial charge in [-0.3, -0.25) is 0 Å². The smallest absolute Gasteiger partial charge is 0.365 e. The van der Waals surface area contributed by atoms with E-state index in [1.165, 1.54) is 12.1 Å². The highest BCUT2D eigenvalue weighted by Gasteiger charge is 2.33. The number of hydrogen-bond donors (Lipinski definition) is 2. The molecule has 4 aromatic rings. The zero-order chi connectivity index (χ0) is 28.8. The molecule has 1 aliphatic rings. The third-order valence-corrected chi connectivity index (χ3v) is 8.58. The molecule has 7 nitrogen and oxygen atoms in total. The van der Waals surface area contributed by atoms with Crippen LogP contribution in [0.4, 0.5) is 27.8 Å². The average molecular weight is 580 g/mol. The minimum absolute atomic E-state index is 0.0937. The Labute approximate surface area is 227 Å². The van der Waals surface area contributed by atoms with E-state index in [-0.39, 0.29) is 45.1 Å². The van der Waals surface area contributed by atoms with E-state index in [1.54, 1.807) is 19.1 Å². The Bertz CT molecular complexity index is 1670. The molecule has 5 rings (SSSR count). The Morgan fingerprint density at radius 3 is 2.52 bits per heavy atom. The number of anilines is 1. The van der Waals surface area contributed by atoms with E-state index in [2.05, 4.69) is 15.3 Å². The van der Waals surface area contributed by atoms with Crippen LogP contribution in [0.25, 0.3) is 22.3 Å². The van der Waals surface area contributed by atoms with Crippen LogP contribution in [0, 0.1) is 18.6 Å². The standard InChI is InChI=1S/C27H26F5N5O2S/c1-15-5-7-20(8-6-15)40(38,39)37-14-22(21-10-17(28)13-34-26(21)37)24-16(12-27(30,31)32)9-23(29)25(36-24)35-19-4-2-3-18(33)11-19/h5-10,13-14,18-19H,2-4,11-12,33H2,1H3,(H,35,36)/t18-,19+/m1/s1. The summed E-state index contributed by atoms with van der Waals surface area (Å²) in [4.78, 5) is 8.05. The van der Waals surface area contributed by atoms with Gasteiger partial charge in [0.15, 0.2) is 17.3 Å². The highest BCUT2D eigenvalue weighted by molar-refractivity contribution is 7.90. The lowest BCUT2D eigenvalue weighted by Crippen LogP contribution is -2.35. The van der Waals surface area contributed by atoms with Crippen molar-refractivity contribution < 1.29 is 30.4 Å². The van der Waals surface area contributed by atoms with Gasteiger partial charge < -0.3 is 11.1 Å². The van der Waals surface area contributed by atoms with Crippen LogP contribution in [0.5, 0.6) is 0 Å². The summed E-state index contributed by atoms with van der Waals surface area (Å²) in [5, 5.41) is 2.85. The molecule has 0 bridgehead atoms. The lowest BCUT2D eigenvalue weighted by Gasteiger charge is -2.28. The van der Waals surface area contributed by atoms with Gasteiger partial charge >= 0.3 is 6.18 Å². The lowest BCUT2D eigenvalue weighted by molar-refractivity contribution is -0.127.